The predicted octanol–water partition coefficient (Wildman–Crippen LogP) is 3.06. The molecule has 2 heterocycles. The normalized spacial score (nSPS) is 14.9. The summed E-state index contributed by atoms with van der Waals surface area (Å²) in [5, 5.41) is 30.0. The lowest BCUT2D eigenvalue weighted by atomic mass is 10.1. The van der Waals surface area contributed by atoms with Crippen molar-refractivity contribution < 1.29 is 10.2 Å². The van der Waals surface area contributed by atoms with Crippen molar-refractivity contribution in [3.8, 4) is 11.3 Å². The summed E-state index contributed by atoms with van der Waals surface area (Å²) in [5.41, 5.74) is 3.58. The largest absolute Gasteiger partial charge is 0.510 e. The van der Waals surface area contributed by atoms with E-state index in [0.29, 0.717) is 30.1 Å². The third kappa shape index (κ3) is 3.13. The summed E-state index contributed by atoms with van der Waals surface area (Å²) in [6, 6.07) is 8.13. The molecule has 0 amide bonds. The highest BCUT2D eigenvalue weighted by molar-refractivity contribution is 7.11. The average Bonchev–Trinajstić information content (AvgIpc) is 3.11. The molecule has 0 fully saturated rings. The molecule has 0 atom stereocenters. The topological polar surface area (TPSA) is 80.4 Å². The molecule has 1 aliphatic heterocycles. The van der Waals surface area contributed by atoms with Crippen LogP contribution in [0.15, 0.2) is 35.4 Å². The standard InChI is InChI=1S/C17H19N3O2S/c1-11-3-5-12(6-4-11)13-10-23-17(19-13)15-14(22)9-20(16(15)18)7-2-8-21/h3-6,10,18,21-22H,2,7-9H2,1H3. The molecular weight excluding hydrogens is 310 g/mol. The van der Waals surface area contributed by atoms with Gasteiger partial charge in [0, 0.05) is 24.1 Å². The Labute approximate surface area is 139 Å². The van der Waals surface area contributed by atoms with Gasteiger partial charge in [0.2, 0.25) is 0 Å². The van der Waals surface area contributed by atoms with Gasteiger partial charge >= 0.3 is 0 Å². The number of nitrogens with zero attached hydrogens (tertiary/aromatic N) is 2. The SMILES string of the molecule is Cc1ccc(-c2csc(C3=C(O)CN(CCCO)C3=N)n2)cc1. The van der Waals surface area contributed by atoms with Crippen LogP contribution in [0.5, 0.6) is 0 Å². The molecule has 23 heavy (non-hydrogen) atoms. The number of hydrogen-bond acceptors (Lipinski definition) is 5. The Bertz CT molecular complexity index is 749. The molecule has 1 aromatic carbocycles. The van der Waals surface area contributed by atoms with E-state index < -0.39 is 0 Å². The van der Waals surface area contributed by atoms with Gasteiger partial charge in [-0.1, -0.05) is 29.8 Å². The van der Waals surface area contributed by atoms with Crippen LogP contribution in [0.25, 0.3) is 16.8 Å². The Balaban J connectivity index is 1.84. The zero-order valence-corrected chi connectivity index (χ0v) is 13.7. The highest BCUT2D eigenvalue weighted by Crippen LogP contribution is 2.32. The number of benzene rings is 1. The third-order valence-electron chi connectivity index (χ3n) is 3.83. The van der Waals surface area contributed by atoms with Crippen molar-refractivity contribution in [1.29, 1.82) is 5.41 Å². The van der Waals surface area contributed by atoms with E-state index in [1.165, 1.54) is 16.9 Å². The smallest absolute Gasteiger partial charge is 0.135 e. The van der Waals surface area contributed by atoms with Crippen molar-refractivity contribution >= 4 is 22.7 Å². The number of aryl methyl sites for hydroxylation is 1. The van der Waals surface area contributed by atoms with Gasteiger partial charge in [-0.25, -0.2) is 4.98 Å². The first-order valence-electron chi connectivity index (χ1n) is 7.50. The van der Waals surface area contributed by atoms with E-state index in [1.807, 2.05) is 36.6 Å². The number of aliphatic hydroxyl groups is 2. The van der Waals surface area contributed by atoms with Crippen molar-refractivity contribution in [2.45, 2.75) is 13.3 Å². The van der Waals surface area contributed by atoms with Crippen molar-refractivity contribution in [2.24, 2.45) is 0 Å². The van der Waals surface area contributed by atoms with Gasteiger partial charge in [0.15, 0.2) is 0 Å². The Morgan fingerprint density at radius 3 is 2.74 bits per heavy atom. The fraction of sp³-hybridized carbons (Fsp3) is 0.294. The van der Waals surface area contributed by atoms with E-state index in [0.717, 1.165) is 11.3 Å². The summed E-state index contributed by atoms with van der Waals surface area (Å²) in [5.74, 6) is 0.457. The number of rotatable bonds is 5. The Hall–Kier alpha value is -2.18. The number of hydrogen-bond donors (Lipinski definition) is 3. The summed E-state index contributed by atoms with van der Waals surface area (Å²) in [7, 11) is 0. The lowest BCUT2D eigenvalue weighted by Gasteiger charge is -2.17. The summed E-state index contributed by atoms with van der Waals surface area (Å²) in [4.78, 5) is 6.35. The van der Waals surface area contributed by atoms with E-state index in [9.17, 15) is 5.11 Å². The molecule has 2 aromatic rings. The van der Waals surface area contributed by atoms with Gasteiger partial charge in [-0.05, 0) is 13.3 Å². The van der Waals surface area contributed by atoms with Crippen LogP contribution in [-0.4, -0.2) is 45.6 Å². The van der Waals surface area contributed by atoms with Crippen LogP contribution >= 0.6 is 11.3 Å². The lowest BCUT2D eigenvalue weighted by molar-refractivity contribution is 0.265. The molecule has 1 aromatic heterocycles. The van der Waals surface area contributed by atoms with Crippen LogP contribution in [-0.2, 0) is 0 Å². The fourth-order valence-electron chi connectivity index (χ4n) is 2.56. The van der Waals surface area contributed by atoms with E-state index in [2.05, 4.69) is 4.98 Å². The summed E-state index contributed by atoms with van der Waals surface area (Å²) < 4.78 is 0. The second-order valence-corrected chi connectivity index (χ2v) is 6.43. The monoisotopic (exact) mass is 329 g/mol. The maximum Gasteiger partial charge on any atom is 0.135 e. The zero-order chi connectivity index (χ0) is 16.4. The molecule has 0 spiro atoms. The first-order valence-corrected chi connectivity index (χ1v) is 8.38. The molecule has 0 saturated heterocycles. The van der Waals surface area contributed by atoms with Gasteiger partial charge < -0.3 is 15.1 Å². The van der Waals surface area contributed by atoms with Crippen molar-refractivity contribution in [3.63, 3.8) is 0 Å². The van der Waals surface area contributed by atoms with E-state index >= 15 is 0 Å². The van der Waals surface area contributed by atoms with E-state index in [4.69, 9.17) is 10.5 Å². The van der Waals surface area contributed by atoms with Crippen LogP contribution in [0, 0.1) is 12.3 Å². The molecule has 0 aliphatic carbocycles. The Morgan fingerprint density at radius 1 is 1.30 bits per heavy atom. The van der Waals surface area contributed by atoms with Crippen LogP contribution in [0.4, 0.5) is 0 Å². The van der Waals surface area contributed by atoms with Crippen molar-refractivity contribution in [1.82, 2.24) is 9.88 Å². The maximum atomic E-state index is 10.2. The molecule has 0 bridgehead atoms. The summed E-state index contributed by atoms with van der Waals surface area (Å²) in [6.45, 7) is 2.99. The molecule has 6 heteroatoms. The van der Waals surface area contributed by atoms with Gasteiger partial charge in [-0.15, -0.1) is 11.3 Å². The van der Waals surface area contributed by atoms with Gasteiger partial charge in [0.05, 0.1) is 17.8 Å². The van der Waals surface area contributed by atoms with E-state index in [1.54, 1.807) is 4.90 Å². The molecule has 3 rings (SSSR count). The van der Waals surface area contributed by atoms with Crippen molar-refractivity contribution in [3.05, 3.63) is 46.0 Å². The van der Waals surface area contributed by atoms with Crippen molar-refractivity contribution in [2.75, 3.05) is 19.7 Å². The van der Waals surface area contributed by atoms with Gasteiger partial charge in [0.25, 0.3) is 0 Å². The zero-order valence-electron chi connectivity index (χ0n) is 12.9. The molecule has 0 unspecified atom stereocenters. The molecule has 3 N–H and O–H groups in total. The molecule has 120 valence electrons. The number of aromatic nitrogens is 1. The number of amidine groups is 1. The number of thiazole rings is 1. The molecular formula is C17H19N3O2S. The minimum Gasteiger partial charge on any atom is -0.510 e. The summed E-state index contributed by atoms with van der Waals surface area (Å²) >= 11 is 1.43. The molecule has 0 saturated carbocycles. The van der Waals surface area contributed by atoms with Gasteiger partial charge in [0.1, 0.15) is 16.6 Å². The predicted molar refractivity (Wildman–Crippen MR) is 92.8 cm³/mol. The minimum absolute atomic E-state index is 0.0781. The molecule has 5 nitrogen and oxygen atoms in total. The Kier molecular flexibility index (Phi) is 4.45. The molecule has 1 aliphatic rings. The first-order chi connectivity index (χ1) is 11.1. The maximum absolute atomic E-state index is 10.2. The number of nitrogens with one attached hydrogen (secondary N) is 1. The van der Waals surface area contributed by atoms with Gasteiger partial charge in [-0.2, -0.15) is 0 Å². The van der Waals surface area contributed by atoms with Crippen LogP contribution in [0.2, 0.25) is 0 Å². The average molecular weight is 329 g/mol. The third-order valence-corrected chi connectivity index (χ3v) is 4.69. The lowest BCUT2D eigenvalue weighted by Crippen LogP contribution is -2.28. The van der Waals surface area contributed by atoms with Gasteiger partial charge in [-0.3, -0.25) is 5.41 Å². The van der Waals surface area contributed by atoms with Crippen LogP contribution in [0.3, 0.4) is 0 Å². The fourth-order valence-corrected chi connectivity index (χ4v) is 3.45. The summed E-state index contributed by atoms with van der Waals surface area (Å²) in [6.07, 6.45) is 0.579. The molecule has 0 radical (unpaired) electrons. The number of aliphatic hydroxyl groups excluding tert-OH is 2. The quantitative estimate of drug-likeness (QED) is 0.787. The Morgan fingerprint density at radius 2 is 2.04 bits per heavy atom. The second-order valence-electron chi connectivity index (χ2n) is 5.57. The highest BCUT2D eigenvalue weighted by atomic mass is 32.1. The highest BCUT2D eigenvalue weighted by Gasteiger charge is 2.29. The van der Waals surface area contributed by atoms with Crippen LogP contribution < -0.4 is 0 Å². The van der Waals surface area contributed by atoms with Crippen LogP contribution in [0.1, 0.15) is 17.0 Å². The second kappa shape index (κ2) is 6.52. The minimum atomic E-state index is 0.0781. The van der Waals surface area contributed by atoms with E-state index in [-0.39, 0.29) is 18.2 Å². The first kappa shape index (κ1) is 15.7.